The summed E-state index contributed by atoms with van der Waals surface area (Å²) in [5, 5.41) is 15.2. The highest BCUT2D eigenvalue weighted by Crippen LogP contribution is 2.43. The van der Waals surface area contributed by atoms with Gasteiger partial charge in [-0.15, -0.1) is 11.3 Å². The van der Waals surface area contributed by atoms with Gasteiger partial charge in [0, 0.05) is 16.0 Å². The van der Waals surface area contributed by atoms with Crippen LogP contribution in [0.2, 0.25) is 0 Å². The number of rotatable bonds is 5. The van der Waals surface area contributed by atoms with Gasteiger partial charge < -0.3 is 14.7 Å². The van der Waals surface area contributed by atoms with Crippen LogP contribution in [0.25, 0.3) is 16.5 Å². The number of ketones is 1. The summed E-state index contributed by atoms with van der Waals surface area (Å²) in [5.74, 6) is -0.983. The largest absolute Gasteiger partial charge is 0.507 e. The Kier molecular flexibility index (Phi) is 5.44. The fourth-order valence-electron chi connectivity index (χ4n) is 4.32. The number of nitrogens with zero attached hydrogens (tertiary/aromatic N) is 1. The van der Waals surface area contributed by atoms with Crippen LogP contribution in [-0.2, 0) is 16.1 Å². The van der Waals surface area contributed by atoms with Gasteiger partial charge in [0.2, 0.25) is 0 Å². The number of aliphatic hydroxyl groups excluding tert-OH is 1. The summed E-state index contributed by atoms with van der Waals surface area (Å²) in [6, 6.07) is 23.6. The number of methoxy groups -OCH3 is 1. The van der Waals surface area contributed by atoms with Crippen LogP contribution in [0.15, 0.2) is 89.8 Å². The number of aliphatic hydroxyl groups is 1. The molecular formula is C27H21NO4S. The Morgan fingerprint density at radius 1 is 0.970 bits per heavy atom. The summed E-state index contributed by atoms with van der Waals surface area (Å²) in [6.45, 7) is 0.263. The van der Waals surface area contributed by atoms with E-state index in [2.05, 4.69) is 0 Å². The third kappa shape index (κ3) is 3.68. The van der Waals surface area contributed by atoms with Crippen molar-refractivity contribution in [3.8, 4) is 5.75 Å². The lowest BCUT2D eigenvalue weighted by atomic mass is 9.94. The molecule has 33 heavy (non-hydrogen) atoms. The van der Waals surface area contributed by atoms with Crippen molar-refractivity contribution in [1.29, 1.82) is 0 Å². The summed E-state index contributed by atoms with van der Waals surface area (Å²) in [7, 11) is 1.55. The first-order valence-electron chi connectivity index (χ1n) is 10.5. The molecule has 0 radical (unpaired) electrons. The van der Waals surface area contributed by atoms with Gasteiger partial charge in [-0.3, -0.25) is 9.59 Å². The van der Waals surface area contributed by atoms with E-state index in [1.54, 1.807) is 19.2 Å². The number of carbonyl (C=O) groups excluding carboxylic acids is 2. The number of para-hydroxylation sites is 1. The maximum Gasteiger partial charge on any atom is 0.295 e. The average Bonchev–Trinajstić information content (AvgIpc) is 3.45. The quantitative estimate of drug-likeness (QED) is 0.244. The molecule has 2 heterocycles. The lowest BCUT2D eigenvalue weighted by molar-refractivity contribution is -0.140. The van der Waals surface area contributed by atoms with Crippen molar-refractivity contribution in [3.63, 3.8) is 0 Å². The van der Waals surface area contributed by atoms with Crippen LogP contribution in [0, 0.1) is 0 Å². The van der Waals surface area contributed by atoms with Crippen LogP contribution < -0.4 is 4.74 Å². The number of fused-ring (bicyclic) bond motifs is 1. The SMILES string of the molecule is COc1ccccc1C1/C(=C(\O)c2ccc3ccccc3c2)C(=O)C(=O)N1Cc1cccs1. The molecule has 0 aliphatic carbocycles. The fourth-order valence-corrected chi connectivity index (χ4v) is 5.02. The molecule has 1 amide bonds. The molecule has 4 aromatic rings. The molecule has 1 aliphatic rings. The fraction of sp³-hybridized carbons (Fsp3) is 0.111. The lowest BCUT2D eigenvalue weighted by Crippen LogP contribution is -2.29. The van der Waals surface area contributed by atoms with Crippen molar-refractivity contribution >= 4 is 39.6 Å². The molecule has 1 atom stereocenters. The number of thiophene rings is 1. The summed E-state index contributed by atoms with van der Waals surface area (Å²) in [6.07, 6.45) is 0. The van der Waals surface area contributed by atoms with Crippen molar-refractivity contribution in [1.82, 2.24) is 4.90 Å². The predicted molar refractivity (Wildman–Crippen MR) is 129 cm³/mol. The van der Waals surface area contributed by atoms with Crippen molar-refractivity contribution in [2.45, 2.75) is 12.6 Å². The van der Waals surface area contributed by atoms with E-state index in [4.69, 9.17) is 4.74 Å². The second-order valence-corrected chi connectivity index (χ2v) is 8.84. The Morgan fingerprint density at radius 3 is 2.48 bits per heavy atom. The molecular weight excluding hydrogens is 434 g/mol. The number of ether oxygens (including phenoxy) is 1. The summed E-state index contributed by atoms with van der Waals surface area (Å²) >= 11 is 1.51. The van der Waals surface area contributed by atoms with Crippen LogP contribution >= 0.6 is 11.3 Å². The first-order valence-corrected chi connectivity index (χ1v) is 11.4. The van der Waals surface area contributed by atoms with Gasteiger partial charge in [0.05, 0.1) is 25.3 Å². The first-order chi connectivity index (χ1) is 16.1. The van der Waals surface area contributed by atoms with Gasteiger partial charge in [0.1, 0.15) is 11.5 Å². The van der Waals surface area contributed by atoms with Gasteiger partial charge in [-0.25, -0.2) is 0 Å². The maximum atomic E-state index is 13.3. The van der Waals surface area contributed by atoms with E-state index < -0.39 is 17.7 Å². The second kappa shape index (κ2) is 8.56. The molecule has 164 valence electrons. The molecule has 1 aromatic heterocycles. The van der Waals surface area contributed by atoms with E-state index in [1.807, 2.05) is 72.1 Å². The standard InChI is InChI=1S/C27H21NO4S/c1-32-22-11-5-4-10-21(22)24-23(26(30)27(31)28(24)16-20-9-6-14-33-20)25(29)19-13-12-17-7-2-3-8-18(17)15-19/h2-15,24,29H,16H2,1H3/b25-23+. The van der Waals surface area contributed by atoms with Crippen molar-refractivity contribution < 1.29 is 19.4 Å². The Hall–Kier alpha value is -3.90. The number of benzene rings is 3. The van der Waals surface area contributed by atoms with E-state index >= 15 is 0 Å². The van der Waals surface area contributed by atoms with Crippen LogP contribution in [0.3, 0.4) is 0 Å². The third-order valence-corrected chi connectivity index (χ3v) is 6.76. The molecule has 0 spiro atoms. The molecule has 1 saturated heterocycles. The summed E-state index contributed by atoms with van der Waals surface area (Å²) < 4.78 is 5.55. The van der Waals surface area contributed by atoms with Crippen LogP contribution in [0.1, 0.15) is 22.0 Å². The Morgan fingerprint density at radius 2 is 1.73 bits per heavy atom. The molecule has 3 aromatic carbocycles. The zero-order valence-corrected chi connectivity index (χ0v) is 18.7. The summed E-state index contributed by atoms with van der Waals surface area (Å²) in [5.41, 5.74) is 1.21. The number of likely N-dealkylation sites (tertiary alicyclic amines) is 1. The molecule has 1 unspecified atom stereocenters. The maximum absolute atomic E-state index is 13.3. The zero-order valence-electron chi connectivity index (χ0n) is 17.9. The zero-order chi connectivity index (χ0) is 22.9. The molecule has 1 aliphatic heterocycles. The highest BCUT2D eigenvalue weighted by atomic mass is 32.1. The highest BCUT2D eigenvalue weighted by molar-refractivity contribution is 7.09. The van der Waals surface area contributed by atoms with Gasteiger partial charge in [0.15, 0.2) is 0 Å². The van der Waals surface area contributed by atoms with E-state index in [0.717, 1.165) is 15.6 Å². The number of carbonyl (C=O) groups is 2. The smallest absolute Gasteiger partial charge is 0.295 e. The van der Waals surface area contributed by atoms with Crippen LogP contribution in [0.5, 0.6) is 5.75 Å². The molecule has 0 saturated carbocycles. The molecule has 6 heteroatoms. The lowest BCUT2D eigenvalue weighted by Gasteiger charge is -2.26. The van der Waals surface area contributed by atoms with E-state index in [1.165, 1.54) is 16.2 Å². The minimum absolute atomic E-state index is 0.0661. The molecule has 0 bridgehead atoms. The van der Waals surface area contributed by atoms with Gasteiger partial charge in [-0.2, -0.15) is 0 Å². The van der Waals surface area contributed by atoms with Gasteiger partial charge in [-0.05, 0) is 34.4 Å². The minimum atomic E-state index is -0.769. The van der Waals surface area contributed by atoms with Crippen molar-refractivity contribution in [3.05, 3.63) is 106 Å². The van der Waals surface area contributed by atoms with Gasteiger partial charge in [-0.1, -0.05) is 60.7 Å². The first kappa shape index (κ1) is 21.0. The number of amides is 1. The number of hydrogen-bond acceptors (Lipinski definition) is 5. The molecule has 5 nitrogen and oxygen atoms in total. The Bertz CT molecular complexity index is 1390. The Balaban J connectivity index is 1.70. The van der Waals surface area contributed by atoms with E-state index in [9.17, 15) is 14.7 Å². The second-order valence-electron chi connectivity index (χ2n) is 7.81. The minimum Gasteiger partial charge on any atom is -0.507 e. The van der Waals surface area contributed by atoms with Gasteiger partial charge in [0.25, 0.3) is 11.7 Å². The number of hydrogen-bond donors (Lipinski definition) is 1. The predicted octanol–water partition coefficient (Wildman–Crippen LogP) is 5.53. The monoisotopic (exact) mass is 455 g/mol. The molecule has 1 N–H and O–H groups in total. The Labute approximate surface area is 195 Å². The van der Waals surface area contributed by atoms with Gasteiger partial charge >= 0.3 is 0 Å². The van der Waals surface area contributed by atoms with Crippen molar-refractivity contribution in [2.75, 3.05) is 7.11 Å². The van der Waals surface area contributed by atoms with Crippen LogP contribution in [-0.4, -0.2) is 28.8 Å². The summed E-state index contributed by atoms with van der Waals surface area (Å²) in [4.78, 5) is 28.9. The number of Topliss-reactive ketones (excluding diaryl/α,β-unsaturated/α-hetero) is 1. The van der Waals surface area contributed by atoms with Crippen molar-refractivity contribution in [2.24, 2.45) is 0 Å². The third-order valence-electron chi connectivity index (χ3n) is 5.90. The van der Waals surface area contributed by atoms with Crippen LogP contribution in [0.4, 0.5) is 0 Å². The highest BCUT2D eigenvalue weighted by Gasteiger charge is 2.47. The van der Waals surface area contributed by atoms with E-state index in [0.29, 0.717) is 16.9 Å². The van der Waals surface area contributed by atoms with E-state index in [-0.39, 0.29) is 17.9 Å². The average molecular weight is 456 g/mol. The normalized spacial score (nSPS) is 17.6. The topological polar surface area (TPSA) is 66.8 Å². The molecule has 5 rings (SSSR count). The molecule has 1 fully saturated rings.